The van der Waals surface area contributed by atoms with Crippen molar-refractivity contribution in [1.29, 1.82) is 0 Å². The molecule has 10 heteroatoms. The molecule has 1 fully saturated rings. The van der Waals surface area contributed by atoms with Gasteiger partial charge < -0.3 is 14.4 Å². The zero-order valence-corrected chi connectivity index (χ0v) is 20.1. The molecule has 0 spiro atoms. The minimum Gasteiger partial charge on any atom is -0.446 e. The Balaban J connectivity index is 1.73. The van der Waals surface area contributed by atoms with Crippen molar-refractivity contribution in [2.24, 2.45) is 0 Å². The van der Waals surface area contributed by atoms with Gasteiger partial charge in [-0.05, 0) is 42.3 Å². The van der Waals surface area contributed by atoms with E-state index in [1.165, 1.54) is 24.0 Å². The molecule has 1 saturated heterocycles. The van der Waals surface area contributed by atoms with E-state index in [2.05, 4.69) is 0 Å². The van der Waals surface area contributed by atoms with Gasteiger partial charge in [-0.1, -0.05) is 12.1 Å². The SMILES string of the molecule is CC(=O)N1c2ccc(-c3ccc(S(C)(=O)=O)c(F)c3)cc2N(C(=O)OC2CCOCC2)CC1C. The largest absolute Gasteiger partial charge is 0.446 e. The van der Waals surface area contributed by atoms with Crippen LogP contribution in [0.15, 0.2) is 41.3 Å². The van der Waals surface area contributed by atoms with Crippen molar-refractivity contribution in [3.05, 3.63) is 42.2 Å². The second-order valence-electron chi connectivity index (χ2n) is 8.66. The maximum Gasteiger partial charge on any atom is 0.414 e. The van der Waals surface area contributed by atoms with Crippen LogP contribution in [-0.2, 0) is 24.1 Å². The van der Waals surface area contributed by atoms with Crippen LogP contribution in [0.5, 0.6) is 0 Å². The van der Waals surface area contributed by atoms with Crippen molar-refractivity contribution < 1.29 is 31.9 Å². The third kappa shape index (κ3) is 4.78. The summed E-state index contributed by atoms with van der Waals surface area (Å²) in [6.07, 6.45) is 1.43. The van der Waals surface area contributed by atoms with Crippen LogP contribution in [-0.4, -0.2) is 58.6 Å². The highest BCUT2D eigenvalue weighted by molar-refractivity contribution is 7.90. The molecule has 0 radical (unpaired) electrons. The third-order valence-electron chi connectivity index (χ3n) is 6.07. The minimum atomic E-state index is -3.70. The van der Waals surface area contributed by atoms with Gasteiger partial charge in [0.2, 0.25) is 5.91 Å². The fraction of sp³-hybridized carbons (Fsp3) is 0.417. The van der Waals surface area contributed by atoms with E-state index in [1.54, 1.807) is 23.1 Å². The van der Waals surface area contributed by atoms with E-state index < -0.39 is 21.7 Å². The lowest BCUT2D eigenvalue weighted by atomic mass is 10.0. The molecule has 1 unspecified atom stereocenters. The predicted octanol–water partition coefficient (Wildman–Crippen LogP) is 3.77. The second-order valence-corrected chi connectivity index (χ2v) is 10.6. The van der Waals surface area contributed by atoms with E-state index in [0.717, 1.165) is 12.3 Å². The molecule has 0 N–H and O–H groups in total. The van der Waals surface area contributed by atoms with Gasteiger partial charge in [-0.25, -0.2) is 17.6 Å². The van der Waals surface area contributed by atoms with Crippen LogP contribution in [0.1, 0.15) is 26.7 Å². The molecular formula is C24H27FN2O6S. The summed E-state index contributed by atoms with van der Waals surface area (Å²) in [5.74, 6) is -1.02. The topological polar surface area (TPSA) is 93.2 Å². The van der Waals surface area contributed by atoms with Crippen LogP contribution >= 0.6 is 0 Å². The van der Waals surface area contributed by atoms with Gasteiger partial charge in [-0.3, -0.25) is 9.69 Å². The van der Waals surface area contributed by atoms with Crippen molar-refractivity contribution in [2.75, 3.05) is 35.8 Å². The Morgan fingerprint density at radius 1 is 1.06 bits per heavy atom. The lowest BCUT2D eigenvalue weighted by Gasteiger charge is -2.41. The van der Waals surface area contributed by atoms with Gasteiger partial charge in [0.05, 0.1) is 30.6 Å². The van der Waals surface area contributed by atoms with Gasteiger partial charge in [0.15, 0.2) is 9.84 Å². The van der Waals surface area contributed by atoms with Gasteiger partial charge in [-0.15, -0.1) is 0 Å². The smallest absolute Gasteiger partial charge is 0.414 e. The lowest BCUT2D eigenvalue weighted by molar-refractivity contribution is -0.117. The maximum absolute atomic E-state index is 14.5. The number of carbonyl (C=O) groups excluding carboxylic acids is 2. The molecule has 2 aromatic rings. The molecule has 8 nitrogen and oxygen atoms in total. The van der Waals surface area contributed by atoms with Crippen LogP contribution < -0.4 is 9.80 Å². The fourth-order valence-electron chi connectivity index (χ4n) is 4.44. The second kappa shape index (κ2) is 9.34. The van der Waals surface area contributed by atoms with E-state index in [0.29, 0.717) is 48.6 Å². The molecule has 34 heavy (non-hydrogen) atoms. The Labute approximate surface area is 198 Å². The first-order chi connectivity index (χ1) is 16.1. The number of ether oxygens (including phenoxy) is 2. The number of carbonyl (C=O) groups is 2. The number of rotatable bonds is 3. The zero-order valence-electron chi connectivity index (χ0n) is 19.3. The van der Waals surface area contributed by atoms with Gasteiger partial charge in [-0.2, -0.15) is 0 Å². The number of hydrogen-bond acceptors (Lipinski definition) is 6. The summed E-state index contributed by atoms with van der Waals surface area (Å²) < 4.78 is 49.1. The summed E-state index contributed by atoms with van der Waals surface area (Å²) in [6, 6.07) is 8.72. The van der Waals surface area contributed by atoms with E-state index in [-0.39, 0.29) is 29.5 Å². The highest BCUT2D eigenvalue weighted by Gasteiger charge is 2.35. The first-order valence-corrected chi connectivity index (χ1v) is 12.9. The highest BCUT2D eigenvalue weighted by atomic mass is 32.2. The molecule has 2 aromatic carbocycles. The van der Waals surface area contributed by atoms with Crippen molar-refractivity contribution in [1.82, 2.24) is 0 Å². The molecule has 4 rings (SSSR count). The van der Waals surface area contributed by atoms with Gasteiger partial charge in [0.25, 0.3) is 0 Å². The monoisotopic (exact) mass is 490 g/mol. The van der Waals surface area contributed by atoms with Crippen molar-refractivity contribution in [2.45, 2.75) is 43.7 Å². The number of nitrogens with zero attached hydrogens (tertiary/aromatic N) is 2. The average Bonchev–Trinajstić information content (AvgIpc) is 2.77. The van der Waals surface area contributed by atoms with E-state index >= 15 is 0 Å². The molecule has 2 heterocycles. The molecular weight excluding hydrogens is 463 g/mol. The molecule has 182 valence electrons. The van der Waals surface area contributed by atoms with Crippen LogP contribution in [0, 0.1) is 5.82 Å². The van der Waals surface area contributed by atoms with E-state index in [4.69, 9.17) is 9.47 Å². The molecule has 2 aliphatic heterocycles. The van der Waals surface area contributed by atoms with Crippen molar-refractivity contribution in [3.8, 4) is 11.1 Å². The highest BCUT2D eigenvalue weighted by Crippen LogP contribution is 2.39. The number of benzene rings is 2. The molecule has 0 aliphatic carbocycles. The summed E-state index contributed by atoms with van der Waals surface area (Å²) in [5.41, 5.74) is 2.03. The number of hydrogen-bond donors (Lipinski definition) is 0. The van der Waals surface area contributed by atoms with E-state index in [9.17, 15) is 22.4 Å². The van der Waals surface area contributed by atoms with Gasteiger partial charge in [0, 0.05) is 32.6 Å². The number of amides is 2. The Hall–Kier alpha value is -2.98. The number of sulfone groups is 1. The molecule has 1 atom stereocenters. The number of fused-ring (bicyclic) bond motifs is 1. The lowest BCUT2D eigenvalue weighted by Crippen LogP contribution is -2.52. The summed E-state index contributed by atoms with van der Waals surface area (Å²) in [5, 5.41) is 0. The van der Waals surface area contributed by atoms with Crippen LogP contribution in [0.2, 0.25) is 0 Å². The Kier molecular flexibility index (Phi) is 6.64. The van der Waals surface area contributed by atoms with Crippen LogP contribution in [0.3, 0.4) is 0 Å². The van der Waals surface area contributed by atoms with Crippen molar-refractivity contribution >= 4 is 33.2 Å². The summed E-state index contributed by atoms with van der Waals surface area (Å²) in [6.45, 7) is 4.61. The first-order valence-electron chi connectivity index (χ1n) is 11.1. The molecule has 0 bridgehead atoms. The van der Waals surface area contributed by atoms with Crippen molar-refractivity contribution in [3.63, 3.8) is 0 Å². The molecule has 0 aromatic heterocycles. The Morgan fingerprint density at radius 3 is 2.32 bits per heavy atom. The molecule has 2 amide bonds. The quantitative estimate of drug-likeness (QED) is 0.650. The Morgan fingerprint density at radius 2 is 1.71 bits per heavy atom. The van der Waals surface area contributed by atoms with E-state index in [1.807, 2.05) is 6.92 Å². The first kappa shape index (κ1) is 24.2. The van der Waals surface area contributed by atoms with Gasteiger partial charge >= 0.3 is 6.09 Å². The average molecular weight is 491 g/mol. The van der Waals surface area contributed by atoms with Gasteiger partial charge in [0.1, 0.15) is 16.8 Å². The normalized spacial score (nSPS) is 19.0. The summed E-state index contributed by atoms with van der Waals surface area (Å²) in [4.78, 5) is 28.2. The number of anilines is 2. The third-order valence-corrected chi connectivity index (χ3v) is 7.20. The standard InChI is InChI=1S/C24H27FN2O6S/c1-15-14-26(24(29)33-19-8-10-32-11-9-19)22-13-18(4-6-21(22)27(15)16(2)28)17-5-7-23(20(25)12-17)34(3,30)31/h4-7,12-13,15,19H,8-11,14H2,1-3H3. The zero-order chi connectivity index (χ0) is 24.6. The van der Waals surface area contributed by atoms with Crippen LogP contribution in [0.4, 0.5) is 20.6 Å². The molecule has 2 aliphatic rings. The predicted molar refractivity (Wildman–Crippen MR) is 125 cm³/mol. The fourth-order valence-corrected chi connectivity index (χ4v) is 5.17. The molecule has 0 saturated carbocycles. The summed E-state index contributed by atoms with van der Waals surface area (Å²) >= 11 is 0. The Bertz CT molecular complexity index is 1230. The minimum absolute atomic E-state index is 0.164. The van der Waals surface area contributed by atoms with Crippen LogP contribution in [0.25, 0.3) is 11.1 Å². The number of halogens is 1. The maximum atomic E-state index is 14.5. The summed E-state index contributed by atoms with van der Waals surface area (Å²) in [7, 11) is -3.70.